The molecule has 0 saturated carbocycles. The lowest BCUT2D eigenvalue weighted by molar-refractivity contribution is -0.113. The minimum atomic E-state index is -0.130. The predicted octanol–water partition coefficient (Wildman–Crippen LogP) is 5.98. The van der Waals surface area contributed by atoms with E-state index in [2.05, 4.69) is 55.1 Å². The third-order valence-corrected chi connectivity index (χ3v) is 7.17. The molecule has 0 saturated heterocycles. The number of anilines is 1. The normalized spacial score (nSPS) is 10.8. The molecule has 2 aromatic heterocycles. The Morgan fingerprint density at radius 2 is 1.94 bits per heavy atom. The quantitative estimate of drug-likeness (QED) is 0.209. The van der Waals surface area contributed by atoms with E-state index in [1.165, 1.54) is 34.2 Å². The zero-order chi connectivity index (χ0) is 23.2. The molecule has 0 atom stereocenters. The van der Waals surface area contributed by atoms with Gasteiger partial charge >= 0.3 is 0 Å². The molecule has 2 heterocycles. The van der Waals surface area contributed by atoms with Crippen LogP contribution < -0.4 is 5.32 Å². The van der Waals surface area contributed by atoms with E-state index in [-0.39, 0.29) is 11.7 Å². The van der Waals surface area contributed by atoms with Crippen LogP contribution in [0.1, 0.15) is 16.0 Å². The fraction of sp³-hybridized carbons (Fsp3) is 0.167. The Morgan fingerprint density at radius 1 is 1.18 bits per heavy atom. The Labute approximate surface area is 209 Å². The van der Waals surface area contributed by atoms with Crippen LogP contribution in [0.3, 0.4) is 0 Å². The first kappa shape index (κ1) is 23.4. The van der Waals surface area contributed by atoms with Gasteiger partial charge < -0.3 is 5.32 Å². The highest BCUT2D eigenvalue weighted by molar-refractivity contribution is 9.10. The van der Waals surface area contributed by atoms with E-state index in [1.807, 2.05) is 54.1 Å². The maximum atomic E-state index is 12.5. The van der Waals surface area contributed by atoms with E-state index in [0.29, 0.717) is 16.8 Å². The van der Waals surface area contributed by atoms with Crippen LogP contribution in [0.5, 0.6) is 0 Å². The van der Waals surface area contributed by atoms with Crippen molar-refractivity contribution in [3.8, 4) is 11.4 Å². The van der Waals surface area contributed by atoms with Crippen molar-refractivity contribution in [2.75, 3.05) is 11.1 Å². The molecule has 0 aliphatic carbocycles. The second kappa shape index (κ2) is 10.9. The molecule has 0 aliphatic heterocycles. The Kier molecular flexibility index (Phi) is 7.74. The number of halogens is 1. The number of thiazole rings is 1. The van der Waals surface area contributed by atoms with Crippen molar-refractivity contribution >= 4 is 50.1 Å². The standard InChI is InChI=1S/C24H22BrN5OS2/c1-3-12-30-22(18-8-4-16(2)5-9-18)28-29-24(30)32-15-21(31)27-23-26-14-20(33-23)13-17-6-10-19(25)11-7-17/h3-11,14H,1,12-13,15H2,2H3,(H,26,27,31). The number of hydrogen-bond donors (Lipinski definition) is 1. The number of aryl methyl sites for hydroxylation is 1. The smallest absolute Gasteiger partial charge is 0.236 e. The van der Waals surface area contributed by atoms with Crippen molar-refractivity contribution < 1.29 is 4.79 Å². The van der Waals surface area contributed by atoms with Crippen LogP contribution in [0, 0.1) is 6.92 Å². The maximum Gasteiger partial charge on any atom is 0.236 e. The van der Waals surface area contributed by atoms with Gasteiger partial charge in [-0.2, -0.15) is 0 Å². The van der Waals surface area contributed by atoms with Crippen LogP contribution in [0.25, 0.3) is 11.4 Å². The minimum absolute atomic E-state index is 0.130. The number of allylic oxidation sites excluding steroid dienone is 1. The van der Waals surface area contributed by atoms with Crippen molar-refractivity contribution in [1.29, 1.82) is 0 Å². The molecule has 6 nitrogen and oxygen atoms in total. The topological polar surface area (TPSA) is 72.7 Å². The first-order valence-corrected chi connectivity index (χ1v) is 12.8. The number of benzene rings is 2. The lowest BCUT2D eigenvalue weighted by atomic mass is 10.1. The van der Waals surface area contributed by atoms with Crippen LogP contribution >= 0.6 is 39.0 Å². The lowest BCUT2D eigenvalue weighted by Crippen LogP contribution is -2.14. The van der Waals surface area contributed by atoms with Gasteiger partial charge in [0.15, 0.2) is 16.1 Å². The number of hydrogen-bond acceptors (Lipinski definition) is 6. The Hall–Kier alpha value is -2.75. The highest BCUT2D eigenvalue weighted by Gasteiger charge is 2.15. The SMILES string of the molecule is C=CCn1c(SCC(=O)Nc2ncc(Cc3ccc(Br)cc3)s2)nnc1-c1ccc(C)cc1. The van der Waals surface area contributed by atoms with Gasteiger partial charge in [0.1, 0.15) is 0 Å². The largest absolute Gasteiger partial charge is 0.301 e. The number of nitrogens with one attached hydrogen (secondary N) is 1. The van der Waals surface area contributed by atoms with Gasteiger partial charge in [-0.3, -0.25) is 9.36 Å². The van der Waals surface area contributed by atoms with Crippen LogP contribution in [-0.4, -0.2) is 31.4 Å². The molecule has 0 bridgehead atoms. The number of carbonyl (C=O) groups excluding carboxylic acids is 1. The highest BCUT2D eigenvalue weighted by atomic mass is 79.9. The van der Waals surface area contributed by atoms with Crippen LogP contribution in [-0.2, 0) is 17.8 Å². The summed E-state index contributed by atoms with van der Waals surface area (Å²) in [4.78, 5) is 18.0. The van der Waals surface area contributed by atoms with Crippen LogP contribution in [0.4, 0.5) is 5.13 Å². The van der Waals surface area contributed by atoms with E-state index in [1.54, 1.807) is 6.08 Å². The molecule has 0 spiro atoms. The van der Waals surface area contributed by atoms with Gasteiger partial charge in [-0.25, -0.2) is 4.98 Å². The number of thioether (sulfide) groups is 1. The summed E-state index contributed by atoms with van der Waals surface area (Å²) in [5.41, 5.74) is 3.36. The van der Waals surface area contributed by atoms with Gasteiger partial charge in [-0.15, -0.1) is 28.1 Å². The Bertz CT molecular complexity index is 1250. The second-order valence-corrected chi connectivity index (χ2v) is 10.3. The summed E-state index contributed by atoms with van der Waals surface area (Å²) in [6.07, 6.45) is 4.39. The van der Waals surface area contributed by atoms with E-state index < -0.39 is 0 Å². The zero-order valence-electron chi connectivity index (χ0n) is 18.0. The van der Waals surface area contributed by atoms with Crippen molar-refractivity contribution in [1.82, 2.24) is 19.7 Å². The third-order valence-electron chi connectivity index (χ3n) is 4.76. The predicted molar refractivity (Wildman–Crippen MR) is 139 cm³/mol. The number of aromatic nitrogens is 4. The molecular formula is C24H22BrN5OS2. The second-order valence-electron chi connectivity index (χ2n) is 7.34. The number of carbonyl (C=O) groups is 1. The molecule has 0 radical (unpaired) electrons. The molecule has 9 heteroatoms. The van der Waals surface area contributed by atoms with Gasteiger partial charge in [0.25, 0.3) is 0 Å². The first-order chi connectivity index (χ1) is 16.0. The summed E-state index contributed by atoms with van der Waals surface area (Å²) < 4.78 is 3.02. The van der Waals surface area contributed by atoms with Gasteiger partial charge in [0.05, 0.1) is 5.75 Å². The van der Waals surface area contributed by atoms with Crippen molar-refractivity contribution in [3.05, 3.63) is 87.9 Å². The lowest BCUT2D eigenvalue weighted by Gasteiger charge is -2.08. The first-order valence-electron chi connectivity index (χ1n) is 10.2. The molecular weight excluding hydrogens is 518 g/mol. The van der Waals surface area contributed by atoms with E-state index in [9.17, 15) is 4.79 Å². The van der Waals surface area contributed by atoms with Gasteiger partial charge in [0.2, 0.25) is 5.91 Å². The van der Waals surface area contributed by atoms with Gasteiger partial charge in [0, 0.05) is 34.1 Å². The summed E-state index contributed by atoms with van der Waals surface area (Å²) in [7, 11) is 0. The zero-order valence-corrected chi connectivity index (χ0v) is 21.2. The van der Waals surface area contributed by atoms with Crippen LogP contribution in [0.15, 0.2) is 77.0 Å². The molecule has 1 N–H and O–H groups in total. The molecule has 2 aromatic carbocycles. The Morgan fingerprint density at radius 3 is 2.67 bits per heavy atom. The average Bonchev–Trinajstić information content (AvgIpc) is 3.41. The molecule has 1 amide bonds. The molecule has 0 fully saturated rings. The van der Waals surface area contributed by atoms with Gasteiger partial charge in [-0.05, 0) is 24.6 Å². The summed E-state index contributed by atoms with van der Waals surface area (Å²) >= 11 is 6.28. The van der Waals surface area contributed by atoms with E-state index in [0.717, 1.165) is 27.2 Å². The molecule has 4 aromatic rings. The third kappa shape index (κ3) is 6.19. The van der Waals surface area contributed by atoms with Crippen LogP contribution in [0.2, 0.25) is 0 Å². The van der Waals surface area contributed by atoms with Crippen molar-refractivity contribution in [3.63, 3.8) is 0 Å². The molecule has 33 heavy (non-hydrogen) atoms. The summed E-state index contributed by atoms with van der Waals surface area (Å²) in [5, 5.41) is 12.8. The summed E-state index contributed by atoms with van der Waals surface area (Å²) in [6, 6.07) is 16.3. The van der Waals surface area contributed by atoms with E-state index in [4.69, 9.17) is 0 Å². The van der Waals surface area contributed by atoms with E-state index >= 15 is 0 Å². The fourth-order valence-corrected chi connectivity index (χ4v) is 5.02. The monoisotopic (exact) mass is 539 g/mol. The number of nitrogens with zero attached hydrogens (tertiary/aromatic N) is 4. The molecule has 168 valence electrons. The van der Waals surface area contributed by atoms with Gasteiger partial charge in [-0.1, -0.05) is 75.7 Å². The number of rotatable bonds is 9. The van der Waals surface area contributed by atoms with Crippen molar-refractivity contribution in [2.24, 2.45) is 0 Å². The molecule has 0 unspecified atom stereocenters. The average molecular weight is 541 g/mol. The minimum Gasteiger partial charge on any atom is -0.301 e. The molecule has 4 rings (SSSR count). The number of amides is 1. The fourth-order valence-electron chi connectivity index (χ4n) is 3.14. The maximum absolute atomic E-state index is 12.5. The summed E-state index contributed by atoms with van der Waals surface area (Å²) in [6.45, 7) is 6.45. The molecule has 0 aliphatic rings. The Balaban J connectivity index is 1.37. The summed E-state index contributed by atoms with van der Waals surface area (Å²) in [5.74, 6) is 0.843. The highest BCUT2D eigenvalue weighted by Crippen LogP contribution is 2.26. The van der Waals surface area contributed by atoms with Crippen molar-refractivity contribution in [2.45, 2.75) is 25.0 Å².